The maximum Gasteiger partial charge on any atom is 0.343 e. The highest BCUT2D eigenvalue weighted by molar-refractivity contribution is 5.38. The Morgan fingerprint density at radius 1 is 1.27 bits per heavy atom. The van der Waals surface area contributed by atoms with E-state index >= 15 is 0 Å². The maximum atomic E-state index is 12.1. The molecule has 0 spiro atoms. The Bertz CT molecular complexity index is 235. The van der Waals surface area contributed by atoms with Gasteiger partial charge >= 0.3 is 6.43 Å². The summed E-state index contributed by atoms with van der Waals surface area (Å²) in [5.74, 6) is 0.201. The van der Waals surface area contributed by atoms with Crippen LogP contribution in [0.5, 0.6) is 5.75 Å². The molecule has 0 saturated heterocycles. The molecule has 0 saturated carbocycles. The summed E-state index contributed by atoms with van der Waals surface area (Å²) in [7, 11) is 1.36. The quantitative estimate of drug-likeness (QED) is 0.640. The molecule has 1 aromatic rings. The van der Waals surface area contributed by atoms with Gasteiger partial charge in [0.05, 0.1) is 12.7 Å². The van der Waals surface area contributed by atoms with Crippen LogP contribution in [0.25, 0.3) is 0 Å². The van der Waals surface area contributed by atoms with Gasteiger partial charge in [-0.25, -0.2) is 0 Å². The molecule has 0 heterocycles. The van der Waals surface area contributed by atoms with Gasteiger partial charge < -0.3 is 4.74 Å². The molecular formula is C8H7F2O. The summed E-state index contributed by atoms with van der Waals surface area (Å²) in [6, 6.07) is 5.99. The van der Waals surface area contributed by atoms with Gasteiger partial charge in [0.1, 0.15) is 5.75 Å². The third-order valence-electron chi connectivity index (χ3n) is 1.31. The zero-order valence-corrected chi connectivity index (χ0v) is 5.97. The fraction of sp³-hybridized carbons (Fsp3) is 0.125. The van der Waals surface area contributed by atoms with Crippen LogP contribution in [0.3, 0.4) is 0 Å². The summed E-state index contributed by atoms with van der Waals surface area (Å²) in [6.07, 6.45) is -1.72. The molecule has 0 aliphatic carbocycles. The van der Waals surface area contributed by atoms with Crippen LogP contribution in [0.4, 0.5) is 8.78 Å². The zero-order chi connectivity index (χ0) is 8.27. The number of ether oxygens (including phenoxy) is 1. The summed E-state index contributed by atoms with van der Waals surface area (Å²) < 4.78 is 28.8. The number of halogens is 2. The standard InChI is InChI=1S/C8H7F2O/c1-11-7-5-3-2-4-6(7)8(9)10/h2-5H,1H3. The van der Waals surface area contributed by atoms with E-state index in [1.165, 1.54) is 25.3 Å². The van der Waals surface area contributed by atoms with Gasteiger partial charge in [0, 0.05) is 0 Å². The first-order chi connectivity index (χ1) is 5.25. The second kappa shape index (κ2) is 3.32. The molecule has 0 unspecified atom stereocenters. The Morgan fingerprint density at radius 2 is 1.91 bits per heavy atom. The van der Waals surface area contributed by atoms with Crippen molar-refractivity contribution < 1.29 is 13.5 Å². The molecule has 0 aliphatic heterocycles. The molecule has 0 atom stereocenters. The summed E-state index contributed by atoms with van der Waals surface area (Å²) >= 11 is 0. The molecule has 0 aromatic heterocycles. The normalized spacial score (nSPS) is 10.2. The third kappa shape index (κ3) is 1.67. The van der Waals surface area contributed by atoms with E-state index in [9.17, 15) is 8.78 Å². The Balaban J connectivity index is 3.02. The fourth-order valence-corrected chi connectivity index (χ4v) is 0.801. The lowest BCUT2D eigenvalue weighted by Crippen LogP contribution is -1.91. The van der Waals surface area contributed by atoms with Crippen LogP contribution in [0.2, 0.25) is 0 Å². The Labute approximate surface area is 63.6 Å². The molecule has 0 fully saturated rings. The molecule has 1 rings (SSSR count). The average Bonchev–Trinajstić information content (AvgIpc) is 2.04. The first-order valence-electron chi connectivity index (χ1n) is 3.07. The van der Waals surface area contributed by atoms with E-state index in [4.69, 9.17) is 4.74 Å². The lowest BCUT2D eigenvalue weighted by molar-refractivity contribution is 0.312. The van der Waals surface area contributed by atoms with E-state index in [1.807, 2.05) is 0 Å². The highest BCUT2D eigenvalue weighted by Gasteiger charge is 2.13. The van der Waals surface area contributed by atoms with Crippen molar-refractivity contribution in [3.05, 3.63) is 36.3 Å². The summed E-state index contributed by atoms with van der Waals surface area (Å²) in [5, 5.41) is 0. The molecule has 0 N–H and O–H groups in total. The molecule has 3 heteroatoms. The van der Waals surface area contributed by atoms with Crippen LogP contribution in [-0.4, -0.2) is 7.11 Å². The van der Waals surface area contributed by atoms with Gasteiger partial charge in [-0.15, -0.1) is 0 Å². The van der Waals surface area contributed by atoms with Crippen LogP contribution < -0.4 is 4.74 Å². The van der Waals surface area contributed by atoms with Crippen LogP contribution >= 0.6 is 0 Å². The van der Waals surface area contributed by atoms with Crippen molar-refractivity contribution in [2.75, 3.05) is 7.11 Å². The lowest BCUT2D eigenvalue weighted by atomic mass is 10.2. The Morgan fingerprint density at radius 3 is 2.36 bits per heavy atom. The largest absolute Gasteiger partial charge is 0.496 e. The number of rotatable bonds is 2. The lowest BCUT2D eigenvalue weighted by Gasteiger charge is -2.04. The van der Waals surface area contributed by atoms with E-state index in [0.717, 1.165) is 0 Å². The van der Waals surface area contributed by atoms with Crippen molar-refractivity contribution >= 4 is 0 Å². The number of benzene rings is 1. The van der Waals surface area contributed by atoms with Crippen molar-refractivity contribution in [3.8, 4) is 5.75 Å². The number of hydrogen-bond donors (Lipinski definition) is 0. The van der Waals surface area contributed by atoms with E-state index in [2.05, 4.69) is 0 Å². The summed E-state index contributed by atoms with van der Waals surface area (Å²) in [6.45, 7) is 0. The molecule has 1 radical (unpaired) electrons. The molecule has 1 aromatic carbocycles. The minimum Gasteiger partial charge on any atom is -0.496 e. The van der Waals surface area contributed by atoms with Gasteiger partial charge in [-0.05, 0) is 12.1 Å². The SMILES string of the molecule is COc1ccccc1[C](F)F. The van der Waals surface area contributed by atoms with E-state index in [1.54, 1.807) is 6.07 Å². The minimum absolute atomic E-state index is 0.144. The first kappa shape index (κ1) is 7.98. The van der Waals surface area contributed by atoms with Gasteiger partial charge in [-0.2, -0.15) is 8.78 Å². The predicted molar refractivity (Wildman–Crippen MR) is 37.6 cm³/mol. The Hall–Kier alpha value is -1.12. The minimum atomic E-state index is -1.72. The molecule has 0 amide bonds. The molecule has 0 bridgehead atoms. The average molecular weight is 157 g/mol. The van der Waals surface area contributed by atoms with Crippen LogP contribution in [0.1, 0.15) is 5.56 Å². The summed E-state index contributed by atoms with van der Waals surface area (Å²) in [4.78, 5) is 0. The van der Waals surface area contributed by atoms with Crippen molar-refractivity contribution in [1.29, 1.82) is 0 Å². The maximum absolute atomic E-state index is 12.1. The first-order valence-corrected chi connectivity index (χ1v) is 3.07. The van der Waals surface area contributed by atoms with Crippen LogP contribution in [-0.2, 0) is 0 Å². The second-order valence-electron chi connectivity index (χ2n) is 1.96. The van der Waals surface area contributed by atoms with E-state index in [0.29, 0.717) is 0 Å². The molecule has 0 aliphatic rings. The van der Waals surface area contributed by atoms with Crippen molar-refractivity contribution in [3.63, 3.8) is 0 Å². The van der Waals surface area contributed by atoms with Crippen molar-refractivity contribution in [1.82, 2.24) is 0 Å². The van der Waals surface area contributed by atoms with E-state index in [-0.39, 0.29) is 11.3 Å². The Kier molecular flexibility index (Phi) is 2.41. The van der Waals surface area contributed by atoms with Crippen molar-refractivity contribution in [2.24, 2.45) is 0 Å². The third-order valence-corrected chi connectivity index (χ3v) is 1.31. The molecule has 59 valence electrons. The zero-order valence-electron chi connectivity index (χ0n) is 5.97. The summed E-state index contributed by atoms with van der Waals surface area (Å²) in [5.41, 5.74) is -0.144. The number of para-hydroxylation sites is 1. The molecular weight excluding hydrogens is 150 g/mol. The van der Waals surface area contributed by atoms with Gasteiger partial charge in [0.2, 0.25) is 0 Å². The predicted octanol–water partition coefficient (Wildman–Crippen LogP) is 2.47. The number of methoxy groups -OCH3 is 1. The molecule has 1 nitrogen and oxygen atoms in total. The van der Waals surface area contributed by atoms with Crippen LogP contribution in [0, 0.1) is 6.43 Å². The van der Waals surface area contributed by atoms with Crippen molar-refractivity contribution in [2.45, 2.75) is 0 Å². The van der Waals surface area contributed by atoms with Gasteiger partial charge in [0.15, 0.2) is 0 Å². The topological polar surface area (TPSA) is 9.23 Å². The highest BCUT2D eigenvalue weighted by atomic mass is 19.3. The second-order valence-corrected chi connectivity index (χ2v) is 1.96. The van der Waals surface area contributed by atoms with Gasteiger partial charge in [0.25, 0.3) is 0 Å². The van der Waals surface area contributed by atoms with Gasteiger partial charge in [-0.3, -0.25) is 0 Å². The highest BCUT2D eigenvalue weighted by Crippen LogP contribution is 2.26. The monoisotopic (exact) mass is 157 g/mol. The van der Waals surface area contributed by atoms with Gasteiger partial charge in [-0.1, -0.05) is 12.1 Å². The van der Waals surface area contributed by atoms with E-state index < -0.39 is 6.43 Å². The smallest absolute Gasteiger partial charge is 0.343 e. The van der Waals surface area contributed by atoms with Crippen LogP contribution in [0.15, 0.2) is 24.3 Å². The number of hydrogen-bond acceptors (Lipinski definition) is 1. The molecule has 11 heavy (non-hydrogen) atoms. The fourth-order valence-electron chi connectivity index (χ4n) is 0.801.